The highest BCUT2D eigenvalue weighted by Crippen LogP contribution is 2.13. The van der Waals surface area contributed by atoms with Gasteiger partial charge in [-0.05, 0) is 30.0 Å². The molecule has 0 unspecified atom stereocenters. The van der Waals surface area contributed by atoms with Crippen molar-refractivity contribution >= 4 is 12.0 Å². The van der Waals surface area contributed by atoms with Crippen LogP contribution >= 0.6 is 0 Å². The van der Waals surface area contributed by atoms with E-state index in [0.717, 1.165) is 24.8 Å². The Labute approximate surface area is 102 Å². The Hall–Kier alpha value is -1.61. The van der Waals surface area contributed by atoms with Crippen molar-refractivity contribution in [2.24, 2.45) is 0 Å². The van der Waals surface area contributed by atoms with Crippen molar-refractivity contribution in [1.29, 1.82) is 0 Å². The van der Waals surface area contributed by atoms with Gasteiger partial charge in [-0.25, -0.2) is 5.06 Å². The average molecular weight is 233 g/mol. The van der Waals surface area contributed by atoms with Crippen molar-refractivity contribution in [1.82, 2.24) is 5.06 Å². The lowest BCUT2D eigenvalue weighted by Gasteiger charge is -2.06. The standard InChI is InChI=1S/C14H19NO2/c1-3-4-7-12-8-5-6-9-13(12)10-11-14(16)15(2)17/h5-6,8-11,17H,3-4,7H2,1-2H3/b11-10+. The first-order valence-electron chi connectivity index (χ1n) is 5.87. The summed E-state index contributed by atoms with van der Waals surface area (Å²) in [6.07, 6.45) is 6.43. The first-order valence-corrected chi connectivity index (χ1v) is 5.87. The van der Waals surface area contributed by atoms with Gasteiger partial charge < -0.3 is 0 Å². The zero-order chi connectivity index (χ0) is 12.7. The van der Waals surface area contributed by atoms with Crippen LogP contribution in [0.3, 0.4) is 0 Å². The number of likely N-dealkylation sites (N-methyl/N-ethyl adjacent to an activating group) is 1. The van der Waals surface area contributed by atoms with Crippen molar-refractivity contribution < 1.29 is 10.0 Å². The summed E-state index contributed by atoms with van der Waals surface area (Å²) in [5, 5.41) is 9.52. The predicted octanol–water partition coefficient (Wildman–Crippen LogP) is 2.89. The Bertz CT molecular complexity index is 397. The fourth-order valence-corrected chi connectivity index (χ4v) is 1.56. The van der Waals surface area contributed by atoms with Crippen LogP contribution in [-0.4, -0.2) is 23.2 Å². The Morgan fingerprint density at radius 1 is 1.41 bits per heavy atom. The van der Waals surface area contributed by atoms with Crippen LogP contribution in [0.1, 0.15) is 30.9 Å². The van der Waals surface area contributed by atoms with Gasteiger partial charge in [-0.1, -0.05) is 37.6 Å². The lowest BCUT2D eigenvalue weighted by Crippen LogP contribution is -2.19. The van der Waals surface area contributed by atoms with E-state index in [2.05, 4.69) is 13.0 Å². The van der Waals surface area contributed by atoms with Gasteiger partial charge in [0.2, 0.25) is 0 Å². The largest absolute Gasteiger partial charge is 0.286 e. The molecular weight excluding hydrogens is 214 g/mol. The zero-order valence-corrected chi connectivity index (χ0v) is 10.4. The van der Waals surface area contributed by atoms with Crippen LogP contribution in [0.5, 0.6) is 0 Å². The van der Waals surface area contributed by atoms with Crippen molar-refractivity contribution in [3.05, 3.63) is 41.5 Å². The second-order valence-electron chi connectivity index (χ2n) is 4.00. The van der Waals surface area contributed by atoms with Crippen LogP contribution < -0.4 is 0 Å². The summed E-state index contributed by atoms with van der Waals surface area (Å²) < 4.78 is 0. The van der Waals surface area contributed by atoms with E-state index in [-0.39, 0.29) is 0 Å². The topological polar surface area (TPSA) is 40.5 Å². The molecule has 1 aromatic carbocycles. The third kappa shape index (κ3) is 4.41. The summed E-state index contributed by atoms with van der Waals surface area (Å²) >= 11 is 0. The van der Waals surface area contributed by atoms with Crippen LogP contribution in [0.4, 0.5) is 0 Å². The molecule has 1 amide bonds. The number of hydrogen-bond acceptors (Lipinski definition) is 2. The smallest absolute Gasteiger partial charge is 0.269 e. The maximum Gasteiger partial charge on any atom is 0.269 e. The second-order valence-corrected chi connectivity index (χ2v) is 4.00. The van der Waals surface area contributed by atoms with Crippen LogP contribution in [0, 0.1) is 0 Å². The predicted molar refractivity (Wildman–Crippen MR) is 68.6 cm³/mol. The summed E-state index contributed by atoms with van der Waals surface area (Å²) in [4.78, 5) is 11.2. The maximum atomic E-state index is 11.2. The normalized spacial score (nSPS) is 10.8. The van der Waals surface area contributed by atoms with Gasteiger partial charge in [-0.2, -0.15) is 0 Å². The number of carbonyl (C=O) groups is 1. The van der Waals surface area contributed by atoms with E-state index in [1.165, 1.54) is 18.7 Å². The minimum absolute atomic E-state index is 0.421. The van der Waals surface area contributed by atoms with Crippen molar-refractivity contribution in [2.45, 2.75) is 26.2 Å². The third-order valence-corrected chi connectivity index (χ3v) is 2.58. The molecule has 0 heterocycles. The molecule has 0 radical (unpaired) electrons. The molecule has 0 bridgehead atoms. The fourth-order valence-electron chi connectivity index (χ4n) is 1.56. The Balaban J connectivity index is 2.79. The molecule has 0 saturated heterocycles. The molecule has 17 heavy (non-hydrogen) atoms. The molecule has 0 spiro atoms. The quantitative estimate of drug-likeness (QED) is 0.482. The van der Waals surface area contributed by atoms with Crippen molar-refractivity contribution in [2.75, 3.05) is 7.05 Å². The van der Waals surface area contributed by atoms with Gasteiger partial charge in [0.1, 0.15) is 0 Å². The van der Waals surface area contributed by atoms with Gasteiger partial charge in [0.25, 0.3) is 5.91 Å². The van der Waals surface area contributed by atoms with Gasteiger partial charge in [0.05, 0.1) is 0 Å². The number of unbranched alkanes of at least 4 members (excludes halogenated alkanes) is 1. The zero-order valence-electron chi connectivity index (χ0n) is 10.4. The lowest BCUT2D eigenvalue weighted by molar-refractivity contribution is -0.153. The highest BCUT2D eigenvalue weighted by atomic mass is 16.5. The Morgan fingerprint density at radius 2 is 2.12 bits per heavy atom. The second kappa shape index (κ2) is 6.86. The molecule has 0 aliphatic rings. The number of aryl methyl sites for hydroxylation is 1. The van der Waals surface area contributed by atoms with Crippen LogP contribution in [-0.2, 0) is 11.2 Å². The molecule has 1 N–H and O–H groups in total. The highest BCUT2D eigenvalue weighted by Gasteiger charge is 2.01. The van der Waals surface area contributed by atoms with Crippen molar-refractivity contribution in [3.8, 4) is 0 Å². The molecule has 0 atom stereocenters. The lowest BCUT2D eigenvalue weighted by atomic mass is 10.0. The van der Waals surface area contributed by atoms with Crippen LogP contribution in [0.15, 0.2) is 30.3 Å². The summed E-state index contributed by atoms with van der Waals surface area (Å²) in [5.41, 5.74) is 2.27. The third-order valence-electron chi connectivity index (χ3n) is 2.58. The van der Waals surface area contributed by atoms with E-state index in [9.17, 15) is 4.79 Å². The molecule has 0 aliphatic carbocycles. The molecule has 3 nitrogen and oxygen atoms in total. The number of nitrogens with zero attached hydrogens (tertiary/aromatic N) is 1. The number of carbonyl (C=O) groups excluding carboxylic acids is 1. The number of hydroxylamine groups is 2. The number of rotatable bonds is 5. The van der Waals surface area contributed by atoms with Gasteiger partial charge in [0.15, 0.2) is 0 Å². The maximum absolute atomic E-state index is 11.2. The SMILES string of the molecule is CCCCc1ccccc1/C=C/C(=O)N(C)O. The average Bonchev–Trinajstić information content (AvgIpc) is 2.34. The minimum Gasteiger partial charge on any atom is -0.286 e. The van der Waals surface area contributed by atoms with Crippen LogP contribution in [0.2, 0.25) is 0 Å². The molecular formula is C14H19NO2. The molecule has 1 rings (SSSR count). The van der Waals surface area contributed by atoms with E-state index >= 15 is 0 Å². The van der Waals surface area contributed by atoms with E-state index in [0.29, 0.717) is 5.06 Å². The van der Waals surface area contributed by atoms with E-state index in [1.807, 2.05) is 18.2 Å². The molecule has 0 aromatic heterocycles. The summed E-state index contributed by atoms with van der Waals surface area (Å²) in [6, 6.07) is 8.00. The molecule has 0 aliphatic heterocycles. The van der Waals surface area contributed by atoms with Gasteiger partial charge >= 0.3 is 0 Å². The molecule has 1 aromatic rings. The Kier molecular flexibility index (Phi) is 5.43. The minimum atomic E-state index is -0.421. The summed E-state index contributed by atoms with van der Waals surface area (Å²) in [6.45, 7) is 2.16. The molecule has 0 saturated carbocycles. The monoisotopic (exact) mass is 233 g/mol. The first kappa shape index (κ1) is 13.5. The first-order chi connectivity index (χ1) is 8.15. The van der Waals surface area contributed by atoms with Crippen LogP contribution in [0.25, 0.3) is 6.08 Å². The molecule has 0 fully saturated rings. The Morgan fingerprint density at radius 3 is 2.76 bits per heavy atom. The highest BCUT2D eigenvalue weighted by molar-refractivity contribution is 5.90. The van der Waals surface area contributed by atoms with E-state index in [4.69, 9.17) is 5.21 Å². The fraction of sp³-hybridized carbons (Fsp3) is 0.357. The summed E-state index contributed by atoms with van der Waals surface area (Å²) in [5.74, 6) is -0.421. The summed E-state index contributed by atoms with van der Waals surface area (Å²) in [7, 11) is 1.32. The van der Waals surface area contributed by atoms with Gasteiger partial charge in [-0.15, -0.1) is 0 Å². The van der Waals surface area contributed by atoms with E-state index < -0.39 is 5.91 Å². The number of hydrogen-bond donors (Lipinski definition) is 1. The van der Waals surface area contributed by atoms with Gasteiger partial charge in [-0.3, -0.25) is 10.0 Å². The van der Waals surface area contributed by atoms with Gasteiger partial charge in [0, 0.05) is 13.1 Å². The molecule has 92 valence electrons. The molecule has 3 heteroatoms. The van der Waals surface area contributed by atoms with Crippen molar-refractivity contribution in [3.63, 3.8) is 0 Å². The number of benzene rings is 1. The number of amides is 1. The van der Waals surface area contributed by atoms with E-state index in [1.54, 1.807) is 6.08 Å².